The van der Waals surface area contributed by atoms with E-state index < -0.39 is 17.8 Å². The van der Waals surface area contributed by atoms with Gasteiger partial charge >= 0.3 is 17.8 Å². The highest BCUT2D eigenvalue weighted by atomic mass is 16.5. The monoisotopic (exact) mass is 401 g/mol. The summed E-state index contributed by atoms with van der Waals surface area (Å²) in [6.45, 7) is 0.862. The second kappa shape index (κ2) is 8.02. The van der Waals surface area contributed by atoms with E-state index in [1.54, 1.807) is 14.2 Å². The highest BCUT2D eigenvalue weighted by Gasteiger charge is 2.49. The minimum Gasteiger partial charge on any atom is -0.497 e. The Hall–Kier alpha value is -2.61. The quantitative estimate of drug-likeness (QED) is 0.538. The van der Waals surface area contributed by atoms with Crippen molar-refractivity contribution in [3.05, 3.63) is 23.8 Å². The molecule has 0 aromatic heterocycles. The van der Waals surface area contributed by atoms with Gasteiger partial charge in [-0.25, -0.2) is 9.69 Å². The SMILES string of the molecule is COc1ccc([C@H]2CCCN2CN2C(=O)C(=O)N(C3CCCC3)C2=O)c(OC)c1. The zero-order chi connectivity index (χ0) is 20.5. The van der Waals surface area contributed by atoms with Crippen LogP contribution in [0.5, 0.6) is 11.5 Å². The second-order valence-electron chi connectivity index (χ2n) is 7.85. The number of methoxy groups -OCH3 is 2. The summed E-state index contributed by atoms with van der Waals surface area (Å²) in [7, 11) is 3.22. The Morgan fingerprint density at radius 3 is 2.41 bits per heavy atom. The Labute approximate surface area is 170 Å². The van der Waals surface area contributed by atoms with E-state index in [9.17, 15) is 14.4 Å². The Kier molecular flexibility index (Phi) is 5.45. The zero-order valence-corrected chi connectivity index (χ0v) is 16.9. The normalized spacial score (nSPS) is 23.5. The number of urea groups is 1. The van der Waals surface area contributed by atoms with Crippen molar-refractivity contribution in [3.63, 3.8) is 0 Å². The van der Waals surface area contributed by atoms with E-state index in [2.05, 4.69) is 4.90 Å². The number of nitrogens with zero attached hydrogens (tertiary/aromatic N) is 3. The molecule has 2 aliphatic heterocycles. The Balaban J connectivity index is 1.54. The Bertz CT molecular complexity index is 821. The van der Waals surface area contributed by atoms with Gasteiger partial charge in [0.25, 0.3) is 0 Å². The maximum absolute atomic E-state index is 12.9. The molecule has 29 heavy (non-hydrogen) atoms. The van der Waals surface area contributed by atoms with E-state index in [1.165, 1.54) is 4.90 Å². The standard InChI is InChI=1S/C21H27N3O5/c1-28-15-9-10-16(18(12-15)29-2)17-8-5-11-22(17)13-23-19(25)20(26)24(21(23)27)14-6-3-4-7-14/h9-10,12,14,17H,3-8,11,13H2,1-2H3/t17-/m1/s1. The Morgan fingerprint density at radius 1 is 0.966 bits per heavy atom. The number of benzene rings is 1. The molecule has 1 aliphatic carbocycles. The third-order valence-corrected chi connectivity index (χ3v) is 6.26. The summed E-state index contributed by atoms with van der Waals surface area (Å²) >= 11 is 0. The van der Waals surface area contributed by atoms with Crippen LogP contribution >= 0.6 is 0 Å². The number of hydrogen-bond donors (Lipinski definition) is 0. The van der Waals surface area contributed by atoms with E-state index in [4.69, 9.17) is 9.47 Å². The van der Waals surface area contributed by atoms with E-state index in [-0.39, 0.29) is 18.8 Å². The lowest BCUT2D eigenvalue weighted by molar-refractivity contribution is -0.144. The van der Waals surface area contributed by atoms with Gasteiger partial charge in [-0.05, 0) is 31.7 Å². The van der Waals surface area contributed by atoms with Gasteiger partial charge in [-0.15, -0.1) is 0 Å². The molecule has 4 rings (SSSR count). The molecule has 1 aromatic rings. The largest absolute Gasteiger partial charge is 0.497 e. The lowest BCUT2D eigenvalue weighted by Gasteiger charge is -2.29. The molecule has 8 nitrogen and oxygen atoms in total. The predicted molar refractivity (Wildman–Crippen MR) is 104 cm³/mol. The molecule has 1 aromatic carbocycles. The summed E-state index contributed by atoms with van der Waals surface area (Å²) in [5.41, 5.74) is 0.990. The van der Waals surface area contributed by atoms with Gasteiger partial charge in [0.2, 0.25) is 0 Å². The number of imide groups is 2. The molecule has 0 N–H and O–H groups in total. The molecule has 0 unspecified atom stereocenters. The first-order valence-corrected chi connectivity index (χ1v) is 10.2. The van der Waals surface area contributed by atoms with E-state index in [0.717, 1.165) is 55.5 Å². The average molecular weight is 401 g/mol. The topological polar surface area (TPSA) is 79.4 Å². The van der Waals surface area contributed by atoms with E-state index in [1.807, 2.05) is 18.2 Å². The molecule has 0 bridgehead atoms. The molecule has 8 heteroatoms. The smallest absolute Gasteiger partial charge is 0.335 e. The van der Waals surface area contributed by atoms with Crippen molar-refractivity contribution in [2.24, 2.45) is 0 Å². The van der Waals surface area contributed by atoms with Gasteiger partial charge in [-0.3, -0.25) is 19.4 Å². The van der Waals surface area contributed by atoms with Crippen molar-refractivity contribution in [1.29, 1.82) is 0 Å². The molecule has 3 aliphatic rings. The van der Waals surface area contributed by atoms with Gasteiger partial charge in [0.15, 0.2) is 0 Å². The van der Waals surface area contributed by atoms with E-state index >= 15 is 0 Å². The summed E-state index contributed by atoms with van der Waals surface area (Å²) in [5, 5.41) is 0. The van der Waals surface area contributed by atoms with Crippen molar-refractivity contribution in [2.75, 3.05) is 27.4 Å². The highest BCUT2D eigenvalue weighted by molar-refractivity contribution is 6.44. The number of hydrogen-bond acceptors (Lipinski definition) is 6. The van der Waals surface area contributed by atoms with Crippen molar-refractivity contribution >= 4 is 17.8 Å². The molecule has 2 saturated heterocycles. The molecule has 0 spiro atoms. The molecule has 3 fully saturated rings. The lowest BCUT2D eigenvalue weighted by Crippen LogP contribution is -2.43. The van der Waals surface area contributed by atoms with Gasteiger partial charge in [0.1, 0.15) is 11.5 Å². The van der Waals surface area contributed by atoms with Crippen LogP contribution < -0.4 is 9.47 Å². The molecular formula is C21H27N3O5. The van der Waals surface area contributed by atoms with Crippen LogP contribution in [0.1, 0.15) is 50.1 Å². The molecule has 2 heterocycles. The van der Waals surface area contributed by atoms with Crippen LogP contribution in [0.2, 0.25) is 0 Å². The number of likely N-dealkylation sites (tertiary alicyclic amines) is 1. The van der Waals surface area contributed by atoms with Crippen LogP contribution in [0.4, 0.5) is 4.79 Å². The summed E-state index contributed by atoms with van der Waals surface area (Å²) in [6, 6.07) is 5.07. The number of carbonyl (C=O) groups excluding carboxylic acids is 3. The first kappa shape index (κ1) is 19.7. The summed E-state index contributed by atoms with van der Waals surface area (Å²) in [4.78, 5) is 42.3. The average Bonchev–Trinajstić information content (AvgIpc) is 3.46. The van der Waals surface area contributed by atoms with Crippen LogP contribution in [0, 0.1) is 0 Å². The molecule has 4 amide bonds. The number of rotatable bonds is 6. The minimum atomic E-state index is -0.714. The van der Waals surface area contributed by atoms with Gasteiger partial charge < -0.3 is 9.47 Å². The van der Waals surface area contributed by atoms with Crippen LogP contribution in [-0.4, -0.2) is 66.0 Å². The van der Waals surface area contributed by atoms with Gasteiger partial charge in [-0.2, -0.15) is 0 Å². The van der Waals surface area contributed by atoms with Gasteiger partial charge in [0, 0.05) is 30.3 Å². The first-order chi connectivity index (χ1) is 14.0. The molecule has 156 valence electrons. The zero-order valence-electron chi connectivity index (χ0n) is 16.9. The summed E-state index contributed by atoms with van der Waals surface area (Å²) < 4.78 is 10.8. The van der Waals surface area contributed by atoms with E-state index in [0.29, 0.717) is 11.5 Å². The van der Waals surface area contributed by atoms with Crippen molar-refractivity contribution in [1.82, 2.24) is 14.7 Å². The summed E-state index contributed by atoms with van der Waals surface area (Å²) in [6.07, 6.45) is 5.38. The van der Waals surface area contributed by atoms with Crippen LogP contribution in [0.25, 0.3) is 0 Å². The Morgan fingerprint density at radius 2 is 1.72 bits per heavy atom. The first-order valence-electron chi connectivity index (χ1n) is 10.2. The maximum Gasteiger partial charge on any atom is 0.335 e. The minimum absolute atomic E-state index is 0.00656. The van der Waals surface area contributed by atoms with Crippen LogP contribution in [0.15, 0.2) is 18.2 Å². The third kappa shape index (κ3) is 3.46. The second-order valence-corrected chi connectivity index (χ2v) is 7.85. The van der Waals surface area contributed by atoms with Crippen molar-refractivity contribution in [3.8, 4) is 11.5 Å². The van der Waals surface area contributed by atoms with Gasteiger partial charge in [0.05, 0.1) is 20.9 Å². The lowest BCUT2D eigenvalue weighted by atomic mass is 10.0. The fourth-order valence-corrected chi connectivity index (χ4v) is 4.75. The summed E-state index contributed by atoms with van der Waals surface area (Å²) in [5.74, 6) is 0.0238. The fourth-order valence-electron chi connectivity index (χ4n) is 4.75. The molecular weight excluding hydrogens is 374 g/mol. The maximum atomic E-state index is 12.9. The third-order valence-electron chi connectivity index (χ3n) is 6.26. The van der Waals surface area contributed by atoms with Crippen LogP contribution in [-0.2, 0) is 9.59 Å². The van der Waals surface area contributed by atoms with Crippen molar-refractivity contribution in [2.45, 2.75) is 50.6 Å². The highest BCUT2D eigenvalue weighted by Crippen LogP contribution is 2.39. The number of amides is 4. The number of ether oxygens (including phenoxy) is 2. The predicted octanol–water partition coefficient (Wildman–Crippen LogP) is 2.53. The van der Waals surface area contributed by atoms with Gasteiger partial charge in [-0.1, -0.05) is 18.9 Å². The number of carbonyl (C=O) groups is 3. The fraction of sp³-hybridized carbons (Fsp3) is 0.571. The van der Waals surface area contributed by atoms with Crippen LogP contribution in [0.3, 0.4) is 0 Å². The van der Waals surface area contributed by atoms with Crippen molar-refractivity contribution < 1.29 is 23.9 Å². The molecule has 1 saturated carbocycles. The molecule has 1 atom stereocenters. The molecule has 0 radical (unpaired) electrons.